The number of nitrogens with one attached hydrogen (secondary N) is 4. The SMILES string of the molecule is CCC(C)(CCNC(=O)CCCC[C@@H]1SC[C@@H]2NC(=O)N[C@@H]21)CCC(C)(C)C(=O)NCc1ccc(C2(C(F)(F)F)N=N2)cc1. The first-order valence-corrected chi connectivity index (χ1v) is 16.6. The van der Waals surface area contributed by atoms with Gasteiger partial charge in [-0.3, -0.25) is 9.59 Å². The Labute approximate surface area is 261 Å². The first-order valence-electron chi connectivity index (χ1n) is 15.5. The molecule has 1 aromatic rings. The molecular weight excluding hydrogens is 593 g/mol. The van der Waals surface area contributed by atoms with Crippen LogP contribution in [0.4, 0.5) is 18.0 Å². The van der Waals surface area contributed by atoms with E-state index in [0.29, 0.717) is 30.2 Å². The predicted molar refractivity (Wildman–Crippen MR) is 164 cm³/mol. The van der Waals surface area contributed by atoms with Crippen LogP contribution < -0.4 is 21.3 Å². The predicted octanol–water partition coefficient (Wildman–Crippen LogP) is 5.94. The van der Waals surface area contributed by atoms with Gasteiger partial charge in [-0.25, -0.2) is 4.79 Å². The highest BCUT2D eigenvalue weighted by Gasteiger charge is 2.65. The molecule has 2 saturated heterocycles. The molecule has 4 atom stereocenters. The van der Waals surface area contributed by atoms with Crippen LogP contribution in [0.15, 0.2) is 34.5 Å². The summed E-state index contributed by atoms with van der Waals surface area (Å²) in [5.74, 6) is 0.872. The number of hydrogen-bond acceptors (Lipinski definition) is 6. The van der Waals surface area contributed by atoms with Crippen LogP contribution in [0, 0.1) is 10.8 Å². The Bertz CT molecular complexity index is 1220. The summed E-state index contributed by atoms with van der Waals surface area (Å²) in [6, 6.07) is 6.15. The second-order valence-corrected chi connectivity index (χ2v) is 14.5. The summed E-state index contributed by atoms with van der Waals surface area (Å²) in [6.45, 7) is 8.90. The number of hydrogen-bond donors (Lipinski definition) is 4. The van der Waals surface area contributed by atoms with E-state index >= 15 is 0 Å². The molecule has 3 heterocycles. The molecule has 0 bridgehead atoms. The standard InChI is InChI=1S/C31H45F3N6O3S/c1-5-29(4,16-17-35-24(41)9-7-6-8-23-25-22(19-44-23)37-27(43)38-25)15-14-28(2,3)26(42)36-18-20-10-12-21(13-11-20)30(39-40-30)31(32,33)34/h10-13,22-23,25H,5-9,14-19H2,1-4H3,(H,35,41)(H,36,42)(H2,37,38,43)/t22-,23-,25-,29?/m0/s1. The number of amides is 4. The van der Waals surface area contributed by atoms with Crippen molar-refractivity contribution in [2.45, 2.75) is 115 Å². The smallest absolute Gasteiger partial charge is 0.356 e. The molecule has 44 heavy (non-hydrogen) atoms. The number of carbonyl (C=O) groups is 3. The van der Waals surface area contributed by atoms with Gasteiger partial charge >= 0.3 is 17.9 Å². The van der Waals surface area contributed by atoms with Crippen LogP contribution in [0.5, 0.6) is 0 Å². The third-order valence-corrected chi connectivity index (χ3v) is 11.0. The minimum atomic E-state index is -4.57. The van der Waals surface area contributed by atoms with Crippen molar-refractivity contribution >= 4 is 29.6 Å². The summed E-state index contributed by atoms with van der Waals surface area (Å²) >= 11 is 1.89. The summed E-state index contributed by atoms with van der Waals surface area (Å²) in [6.07, 6.45) is 1.87. The average Bonchev–Trinajstić information content (AvgIpc) is 3.61. The maximum absolute atomic E-state index is 13.2. The first-order chi connectivity index (χ1) is 20.7. The van der Waals surface area contributed by atoms with E-state index in [9.17, 15) is 27.6 Å². The molecular formula is C31H45F3N6O3S. The maximum Gasteiger partial charge on any atom is 0.442 e. The van der Waals surface area contributed by atoms with Gasteiger partial charge in [-0.2, -0.15) is 24.9 Å². The minimum absolute atomic E-state index is 0.0360. The van der Waals surface area contributed by atoms with Gasteiger partial charge in [0.05, 0.1) is 12.1 Å². The Morgan fingerprint density at radius 2 is 1.73 bits per heavy atom. The van der Waals surface area contributed by atoms with Crippen LogP contribution in [-0.4, -0.2) is 53.7 Å². The second-order valence-electron chi connectivity index (χ2n) is 13.3. The van der Waals surface area contributed by atoms with Crippen molar-refractivity contribution in [1.82, 2.24) is 21.3 Å². The number of thioether (sulfide) groups is 1. The number of benzene rings is 1. The van der Waals surface area contributed by atoms with Crippen LogP contribution in [-0.2, 0) is 21.8 Å². The summed E-state index contributed by atoms with van der Waals surface area (Å²) < 4.78 is 39.7. The fraction of sp³-hybridized carbons (Fsp3) is 0.710. The van der Waals surface area contributed by atoms with E-state index in [-0.39, 0.29) is 47.5 Å². The molecule has 244 valence electrons. The Balaban J connectivity index is 1.12. The minimum Gasteiger partial charge on any atom is -0.356 e. The largest absolute Gasteiger partial charge is 0.442 e. The molecule has 2 fully saturated rings. The third kappa shape index (κ3) is 8.25. The summed E-state index contributed by atoms with van der Waals surface area (Å²) in [7, 11) is 0. The van der Waals surface area contributed by atoms with E-state index in [1.165, 1.54) is 12.1 Å². The van der Waals surface area contributed by atoms with Crippen molar-refractivity contribution < 1.29 is 27.6 Å². The van der Waals surface area contributed by atoms with Crippen molar-refractivity contribution in [2.24, 2.45) is 21.1 Å². The lowest BCUT2D eigenvalue weighted by Gasteiger charge is -2.33. The van der Waals surface area contributed by atoms with Crippen LogP contribution in [0.1, 0.15) is 90.2 Å². The highest BCUT2D eigenvalue weighted by molar-refractivity contribution is 8.00. The van der Waals surface area contributed by atoms with Gasteiger partial charge in [-0.05, 0) is 43.1 Å². The number of nitrogens with zero attached hydrogens (tertiary/aromatic N) is 2. The fourth-order valence-electron chi connectivity index (χ4n) is 5.79. The van der Waals surface area contributed by atoms with Crippen LogP contribution in [0.25, 0.3) is 0 Å². The highest BCUT2D eigenvalue weighted by Crippen LogP contribution is 2.52. The molecule has 1 aromatic carbocycles. The van der Waals surface area contributed by atoms with Crippen molar-refractivity contribution in [3.05, 3.63) is 35.4 Å². The fourth-order valence-corrected chi connectivity index (χ4v) is 7.34. The van der Waals surface area contributed by atoms with Crippen LogP contribution >= 0.6 is 11.8 Å². The van der Waals surface area contributed by atoms with E-state index in [0.717, 1.165) is 44.3 Å². The van der Waals surface area contributed by atoms with Crippen LogP contribution in [0.3, 0.4) is 0 Å². The molecule has 1 unspecified atom stereocenters. The van der Waals surface area contributed by atoms with E-state index in [2.05, 4.69) is 45.3 Å². The first kappa shape index (κ1) is 34.1. The highest BCUT2D eigenvalue weighted by atomic mass is 32.2. The maximum atomic E-state index is 13.2. The lowest BCUT2D eigenvalue weighted by atomic mass is 9.74. The zero-order valence-corrected chi connectivity index (χ0v) is 26.8. The third-order valence-electron chi connectivity index (χ3n) is 9.46. The Morgan fingerprint density at radius 1 is 1.02 bits per heavy atom. The Morgan fingerprint density at radius 3 is 2.36 bits per heavy atom. The van der Waals surface area contributed by atoms with Gasteiger partial charge in [-0.15, -0.1) is 10.2 Å². The number of urea groups is 1. The molecule has 0 aliphatic carbocycles. The molecule has 0 aromatic heterocycles. The van der Waals surface area contributed by atoms with E-state index in [4.69, 9.17) is 0 Å². The van der Waals surface area contributed by atoms with Gasteiger partial charge in [0.1, 0.15) is 0 Å². The molecule has 3 aliphatic heterocycles. The van der Waals surface area contributed by atoms with E-state index in [1.807, 2.05) is 25.6 Å². The molecule has 4 rings (SSSR count). The van der Waals surface area contributed by atoms with Crippen LogP contribution in [0.2, 0.25) is 0 Å². The van der Waals surface area contributed by atoms with Crippen molar-refractivity contribution in [1.29, 1.82) is 0 Å². The molecule has 0 spiro atoms. The number of halogens is 3. The molecule has 4 amide bonds. The Hall–Kier alpha value is -2.83. The van der Waals surface area contributed by atoms with E-state index in [1.54, 1.807) is 12.1 Å². The monoisotopic (exact) mass is 638 g/mol. The molecule has 4 N–H and O–H groups in total. The second kappa shape index (κ2) is 13.7. The molecule has 13 heteroatoms. The van der Waals surface area contributed by atoms with Gasteiger partial charge in [0.25, 0.3) is 0 Å². The van der Waals surface area contributed by atoms with Crippen molar-refractivity contribution in [3.8, 4) is 0 Å². The van der Waals surface area contributed by atoms with Gasteiger partial charge in [-0.1, -0.05) is 64.8 Å². The number of rotatable bonds is 16. The van der Waals surface area contributed by atoms with Gasteiger partial charge in [0.15, 0.2) is 0 Å². The summed E-state index contributed by atoms with van der Waals surface area (Å²) in [5.41, 5.74) is -2.47. The number of carbonyl (C=O) groups excluding carboxylic acids is 3. The Kier molecular flexibility index (Phi) is 10.6. The van der Waals surface area contributed by atoms with Crippen molar-refractivity contribution in [2.75, 3.05) is 12.3 Å². The molecule has 0 saturated carbocycles. The topological polar surface area (TPSA) is 124 Å². The summed E-state index contributed by atoms with van der Waals surface area (Å²) in [4.78, 5) is 37.0. The van der Waals surface area contributed by atoms with Gasteiger partial charge in [0.2, 0.25) is 11.8 Å². The number of unbranched alkanes of at least 4 members (excludes halogenated alkanes) is 1. The number of fused-ring (bicyclic) bond motifs is 1. The average molecular weight is 639 g/mol. The molecule has 3 aliphatic rings. The molecule has 9 nitrogen and oxygen atoms in total. The normalized spacial score (nSPS) is 23.3. The van der Waals surface area contributed by atoms with Gasteiger partial charge < -0.3 is 21.3 Å². The zero-order valence-electron chi connectivity index (χ0n) is 26.0. The lowest BCUT2D eigenvalue weighted by molar-refractivity contribution is -0.166. The summed E-state index contributed by atoms with van der Waals surface area (Å²) in [5, 5.41) is 18.8. The molecule has 0 radical (unpaired) electrons. The van der Waals surface area contributed by atoms with Crippen molar-refractivity contribution in [3.63, 3.8) is 0 Å². The number of alkyl halides is 3. The zero-order chi connectivity index (χ0) is 32.2. The lowest BCUT2D eigenvalue weighted by Crippen LogP contribution is -2.38. The van der Waals surface area contributed by atoms with E-state index < -0.39 is 17.3 Å². The quantitative estimate of drug-likeness (QED) is 0.132. The van der Waals surface area contributed by atoms with Gasteiger partial charge in [0, 0.05) is 41.5 Å².